The summed E-state index contributed by atoms with van der Waals surface area (Å²) in [6, 6.07) is 12.4. The lowest BCUT2D eigenvalue weighted by Gasteiger charge is -2.14. The molecule has 3 aromatic rings. The largest absolute Gasteiger partial charge is 0.480 e. The molecule has 2 heterocycles. The van der Waals surface area contributed by atoms with Gasteiger partial charge in [0.1, 0.15) is 0 Å². The van der Waals surface area contributed by atoms with E-state index in [4.69, 9.17) is 4.74 Å². The molecule has 4 heteroatoms. The topological polar surface area (TPSA) is 50.8 Å². The van der Waals surface area contributed by atoms with Gasteiger partial charge in [0, 0.05) is 17.8 Å². The normalized spacial score (nSPS) is 12.5. The molecule has 0 spiro atoms. The maximum atomic E-state index is 5.22. The van der Waals surface area contributed by atoms with Gasteiger partial charge in [-0.1, -0.05) is 19.1 Å². The minimum Gasteiger partial charge on any atom is -0.480 e. The standard InChI is InChI=1S/C16H17N3O/c1-3-12(14-6-4-5-9-17-14)11-7-8-13-15(10-11)18-19-16(13)20-2/h4-10,12H,3H2,1-2H3,(H,18,19). The van der Waals surface area contributed by atoms with E-state index in [1.54, 1.807) is 7.11 Å². The van der Waals surface area contributed by atoms with Crippen molar-refractivity contribution in [2.45, 2.75) is 19.3 Å². The smallest absolute Gasteiger partial charge is 0.240 e. The lowest BCUT2D eigenvalue weighted by Crippen LogP contribution is -2.01. The average molecular weight is 267 g/mol. The molecule has 1 unspecified atom stereocenters. The number of hydrogen-bond acceptors (Lipinski definition) is 3. The van der Waals surface area contributed by atoms with Gasteiger partial charge in [-0.2, -0.15) is 0 Å². The van der Waals surface area contributed by atoms with Crippen LogP contribution in [0.1, 0.15) is 30.5 Å². The van der Waals surface area contributed by atoms with Gasteiger partial charge in [-0.25, -0.2) is 0 Å². The number of H-pyrrole nitrogens is 1. The third kappa shape index (κ3) is 2.13. The van der Waals surface area contributed by atoms with Crippen LogP contribution in [0.25, 0.3) is 10.9 Å². The Balaban J connectivity index is 2.04. The van der Waals surface area contributed by atoms with Gasteiger partial charge in [0.25, 0.3) is 0 Å². The van der Waals surface area contributed by atoms with Crippen LogP contribution in [0.15, 0.2) is 42.6 Å². The Morgan fingerprint density at radius 1 is 1.25 bits per heavy atom. The maximum Gasteiger partial charge on any atom is 0.240 e. The molecule has 0 radical (unpaired) electrons. The number of aromatic amines is 1. The van der Waals surface area contributed by atoms with Crippen molar-refractivity contribution >= 4 is 10.9 Å². The fraction of sp³-hybridized carbons (Fsp3) is 0.250. The molecular weight excluding hydrogens is 250 g/mol. The summed E-state index contributed by atoms with van der Waals surface area (Å²) in [5, 5.41) is 8.17. The average Bonchev–Trinajstić information content (AvgIpc) is 2.91. The van der Waals surface area contributed by atoms with Crippen molar-refractivity contribution in [2.24, 2.45) is 0 Å². The summed E-state index contributed by atoms with van der Waals surface area (Å²) in [6.45, 7) is 2.18. The Morgan fingerprint density at radius 2 is 2.15 bits per heavy atom. The van der Waals surface area contributed by atoms with Gasteiger partial charge in [0.15, 0.2) is 0 Å². The monoisotopic (exact) mass is 267 g/mol. The van der Waals surface area contributed by atoms with E-state index in [2.05, 4.69) is 46.4 Å². The Morgan fingerprint density at radius 3 is 2.85 bits per heavy atom. The minimum absolute atomic E-state index is 0.301. The highest BCUT2D eigenvalue weighted by molar-refractivity contribution is 5.84. The molecule has 3 rings (SSSR count). The number of nitrogens with one attached hydrogen (secondary N) is 1. The molecule has 0 bridgehead atoms. The Kier molecular flexibility index (Phi) is 3.37. The summed E-state index contributed by atoms with van der Waals surface area (Å²) in [7, 11) is 1.63. The molecule has 0 amide bonds. The van der Waals surface area contributed by atoms with Crippen molar-refractivity contribution in [3.63, 3.8) is 0 Å². The van der Waals surface area contributed by atoms with Gasteiger partial charge in [-0.3, -0.25) is 10.1 Å². The zero-order valence-corrected chi connectivity index (χ0v) is 11.6. The first-order valence-electron chi connectivity index (χ1n) is 6.76. The molecular formula is C16H17N3O. The molecule has 2 aromatic heterocycles. The Hall–Kier alpha value is -2.36. The summed E-state index contributed by atoms with van der Waals surface area (Å²) >= 11 is 0. The van der Waals surface area contributed by atoms with E-state index in [1.165, 1.54) is 5.56 Å². The van der Waals surface area contributed by atoms with Crippen LogP contribution in [0.5, 0.6) is 5.88 Å². The number of hydrogen-bond donors (Lipinski definition) is 1. The number of fused-ring (bicyclic) bond motifs is 1. The lowest BCUT2D eigenvalue weighted by molar-refractivity contribution is 0.401. The molecule has 0 fully saturated rings. The van der Waals surface area contributed by atoms with Crippen molar-refractivity contribution in [3.05, 3.63) is 53.9 Å². The number of benzene rings is 1. The molecule has 1 aromatic carbocycles. The van der Waals surface area contributed by atoms with Crippen LogP contribution in [0.3, 0.4) is 0 Å². The van der Waals surface area contributed by atoms with Crippen LogP contribution < -0.4 is 4.74 Å². The predicted octanol–water partition coefficient (Wildman–Crippen LogP) is 3.51. The lowest BCUT2D eigenvalue weighted by atomic mass is 9.92. The molecule has 102 valence electrons. The molecule has 0 aliphatic carbocycles. The molecule has 20 heavy (non-hydrogen) atoms. The predicted molar refractivity (Wildman–Crippen MR) is 79.0 cm³/mol. The fourth-order valence-corrected chi connectivity index (χ4v) is 2.58. The van der Waals surface area contributed by atoms with Crippen LogP contribution >= 0.6 is 0 Å². The molecule has 1 N–H and O–H groups in total. The minimum atomic E-state index is 0.301. The van der Waals surface area contributed by atoms with E-state index in [0.29, 0.717) is 11.8 Å². The molecule has 0 aliphatic heterocycles. The molecule has 4 nitrogen and oxygen atoms in total. The van der Waals surface area contributed by atoms with Crippen molar-refractivity contribution in [2.75, 3.05) is 7.11 Å². The number of methoxy groups -OCH3 is 1. The van der Waals surface area contributed by atoms with Gasteiger partial charge >= 0.3 is 0 Å². The van der Waals surface area contributed by atoms with Crippen LogP contribution in [0.4, 0.5) is 0 Å². The highest BCUT2D eigenvalue weighted by atomic mass is 16.5. The summed E-state index contributed by atoms with van der Waals surface area (Å²) in [5.41, 5.74) is 3.33. The number of ether oxygens (including phenoxy) is 1. The maximum absolute atomic E-state index is 5.22. The number of nitrogens with zero attached hydrogens (tertiary/aromatic N) is 2. The molecule has 0 saturated heterocycles. The third-order valence-corrected chi connectivity index (χ3v) is 3.60. The van der Waals surface area contributed by atoms with Crippen LogP contribution in [0, 0.1) is 0 Å². The second kappa shape index (κ2) is 5.33. The fourth-order valence-electron chi connectivity index (χ4n) is 2.58. The molecule has 0 aliphatic rings. The van der Waals surface area contributed by atoms with Gasteiger partial charge in [-0.05, 0) is 36.2 Å². The van der Waals surface area contributed by atoms with Crippen LogP contribution in [-0.4, -0.2) is 22.3 Å². The van der Waals surface area contributed by atoms with Crippen LogP contribution in [0.2, 0.25) is 0 Å². The quantitative estimate of drug-likeness (QED) is 0.787. The zero-order chi connectivity index (χ0) is 13.9. The first-order valence-corrected chi connectivity index (χ1v) is 6.76. The zero-order valence-electron chi connectivity index (χ0n) is 11.6. The summed E-state index contributed by atoms with van der Waals surface area (Å²) in [4.78, 5) is 4.48. The first kappa shape index (κ1) is 12.7. The SMILES string of the molecule is CCC(c1ccc2c(OC)n[nH]c2c1)c1ccccn1. The second-order valence-corrected chi connectivity index (χ2v) is 4.75. The summed E-state index contributed by atoms with van der Waals surface area (Å²) in [6.07, 6.45) is 2.85. The summed E-state index contributed by atoms with van der Waals surface area (Å²) < 4.78 is 5.22. The summed E-state index contributed by atoms with van der Waals surface area (Å²) in [5.74, 6) is 0.937. The van der Waals surface area contributed by atoms with E-state index < -0.39 is 0 Å². The van der Waals surface area contributed by atoms with Crippen LogP contribution in [-0.2, 0) is 0 Å². The van der Waals surface area contributed by atoms with E-state index in [9.17, 15) is 0 Å². The van der Waals surface area contributed by atoms with Gasteiger partial charge in [0.05, 0.1) is 18.0 Å². The first-order chi connectivity index (χ1) is 9.83. The highest BCUT2D eigenvalue weighted by Crippen LogP contribution is 2.30. The van der Waals surface area contributed by atoms with Gasteiger partial charge < -0.3 is 4.74 Å². The number of aromatic nitrogens is 3. The Bertz CT molecular complexity index is 706. The highest BCUT2D eigenvalue weighted by Gasteiger charge is 2.15. The second-order valence-electron chi connectivity index (χ2n) is 4.75. The van der Waals surface area contributed by atoms with Crippen molar-refractivity contribution in [3.8, 4) is 5.88 Å². The van der Waals surface area contributed by atoms with E-state index >= 15 is 0 Å². The van der Waals surface area contributed by atoms with Crippen molar-refractivity contribution < 1.29 is 4.74 Å². The Labute approximate surface area is 117 Å². The van der Waals surface area contributed by atoms with Crippen molar-refractivity contribution in [1.82, 2.24) is 15.2 Å². The number of pyridine rings is 1. The third-order valence-electron chi connectivity index (χ3n) is 3.60. The molecule has 0 saturated carbocycles. The number of rotatable bonds is 4. The van der Waals surface area contributed by atoms with Crippen molar-refractivity contribution in [1.29, 1.82) is 0 Å². The van der Waals surface area contributed by atoms with Gasteiger partial charge in [-0.15, -0.1) is 5.10 Å². The van der Waals surface area contributed by atoms with E-state index in [0.717, 1.165) is 23.0 Å². The van der Waals surface area contributed by atoms with E-state index in [-0.39, 0.29) is 0 Å². The van der Waals surface area contributed by atoms with E-state index in [1.807, 2.05) is 18.3 Å². The molecule has 1 atom stereocenters. The van der Waals surface area contributed by atoms with Gasteiger partial charge in [0.2, 0.25) is 5.88 Å².